The molecule has 29 heavy (non-hydrogen) atoms. The summed E-state index contributed by atoms with van der Waals surface area (Å²) in [6, 6.07) is 12.4. The number of sulfonamides is 1. The Labute approximate surface area is 184 Å². The van der Waals surface area contributed by atoms with Crippen molar-refractivity contribution in [1.29, 1.82) is 0 Å². The van der Waals surface area contributed by atoms with Gasteiger partial charge in [0.05, 0.1) is 27.7 Å². The van der Waals surface area contributed by atoms with E-state index in [1.165, 1.54) is 11.3 Å². The Hall–Kier alpha value is -2.00. The Kier molecular flexibility index (Phi) is 5.37. The van der Waals surface area contributed by atoms with Crippen molar-refractivity contribution >= 4 is 62.4 Å². The minimum absolute atomic E-state index is 0.194. The van der Waals surface area contributed by atoms with Crippen molar-refractivity contribution in [3.8, 4) is 10.7 Å². The third-order valence-electron chi connectivity index (χ3n) is 4.63. The second kappa shape index (κ2) is 7.68. The van der Waals surface area contributed by atoms with Crippen molar-refractivity contribution < 1.29 is 8.42 Å². The summed E-state index contributed by atoms with van der Waals surface area (Å²) in [7, 11) is -3.83. The zero-order chi connectivity index (χ0) is 20.8. The molecule has 0 bridgehead atoms. The van der Waals surface area contributed by atoms with Crippen LogP contribution in [0.15, 0.2) is 53.6 Å². The summed E-state index contributed by atoms with van der Waals surface area (Å²) in [6.45, 7) is 3.83. The topological polar surface area (TPSA) is 66.1 Å². The molecule has 2 aromatic carbocycles. The van der Waals surface area contributed by atoms with Crippen LogP contribution in [0.3, 0.4) is 0 Å². The zero-order valence-electron chi connectivity index (χ0n) is 15.7. The normalized spacial score (nSPS) is 11.9. The number of thiazole rings is 1. The maximum atomic E-state index is 13.1. The van der Waals surface area contributed by atoms with Crippen molar-refractivity contribution in [2.24, 2.45) is 0 Å². The van der Waals surface area contributed by atoms with E-state index in [0.29, 0.717) is 17.1 Å². The molecule has 0 aliphatic heterocycles. The van der Waals surface area contributed by atoms with Crippen LogP contribution in [0.5, 0.6) is 0 Å². The highest BCUT2D eigenvalue weighted by Gasteiger charge is 2.25. The number of hydrogen-bond acceptors (Lipinski definition) is 5. The van der Waals surface area contributed by atoms with Gasteiger partial charge in [0.25, 0.3) is 10.0 Å². The second-order valence-corrected chi connectivity index (χ2v) is 10.5. The fraction of sp³-hybridized carbons (Fsp3) is 0.150. The van der Waals surface area contributed by atoms with Gasteiger partial charge in [-0.1, -0.05) is 18.2 Å². The van der Waals surface area contributed by atoms with Gasteiger partial charge in [-0.3, -0.25) is 0 Å². The number of aryl methyl sites for hydroxylation is 2. The van der Waals surface area contributed by atoms with Gasteiger partial charge in [-0.05, 0) is 62.1 Å². The van der Waals surface area contributed by atoms with Crippen LogP contribution in [0.2, 0.25) is 0 Å². The molecule has 2 heterocycles. The fourth-order valence-electron chi connectivity index (χ4n) is 3.12. The van der Waals surface area contributed by atoms with Crippen LogP contribution in [0.4, 0.5) is 5.69 Å². The van der Waals surface area contributed by atoms with Crippen molar-refractivity contribution in [1.82, 2.24) is 9.97 Å². The van der Waals surface area contributed by atoms with E-state index in [-0.39, 0.29) is 4.90 Å². The van der Waals surface area contributed by atoms with E-state index in [4.69, 9.17) is 11.6 Å². The van der Waals surface area contributed by atoms with Crippen molar-refractivity contribution in [3.05, 3.63) is 64.7 Å². The van der Waals surface area contributed by atoms with E-state index < -0.39 is 10.0 Å². The molecule has 4 rings (SSSR count). The van der Waals surface area contributed by atoms with E-state index in [1.54, 1.807) is 30.5 Å². The number of fused-ring (bicyclic) bond motifs is 1. The molecule has 150 valence electrons. The Morgan fingerprint density at radius 3 is 2.69 bits per heavy atom. The molecule has 1 N–H and O–H groups in total. The average molecular weight is 464 g/mol. The van der Waals surface area contributed by atoms with Crippen LogP contribution in [0, 0.1) is 13.8 Å². The lowest BCUT2D eigenvalue weighted by atomic mass is 10.1. The number of hydrogen-bond donors (Lipinski definition) is 2. The lowest BCUT2D eigenvalue weighted by Crippen LogP contribution is -2.21. The van der Waals surface area contributed by atoms with Gasteiger partial charge in [0, 0.05) is 16.5 Å². The highest BCUT2D eigenvalue weighted by molar-refractivity contribution is 8.06. The predicted molar refractivity (Wildman–Crippen MR) is 124 cm³/mol. The summed E-state index contributed by atoms with van der Waals surface area (Å²) >= 11 is 11.8. The number of anilines is 1. The van der Waals surface area contributed by atoms with E-state index in [2.05, 4.69) is 22.8 Å². The van der Waals surface area contributed by atoms with Crippen LogP contribution < -0.4 is 3.71 Å². The summed E-state index contributed by atoms with van der Waals surface area (Å²) in [5.74, 6) is 0.404. The van der Waals surface area contributed by atoms with Gasteiger partial charge in [-0.2, -0.15) is 0 Å². The number of alkyl halides is 1. The molecular formula is C20H18ClN3O2S3. The maximum Gasteiger partial charge on any atom is 0.273 e. The molecule has 0 atom stereocenters. The smallest absolute Gasteiger partial charge is 0.273 e. The average Bonchev–Trinajstić information content (AvgIpc) is 3.35. The standard InChI is InChI=1S/C20H18ClN3O2S3/c1-12-4-3-5-15(8-12)29(25,26)24(27)18-7-6-13(2)16-9-17(23-19(16)18)20-22-11-14(10-21)28-20/h3-9,11,23,27H,10H2,1-2H3. The van der Waals surface area contributed by atoms with Crippen LogP contribution >= 0.6 is 35.8 Å². The first-order valence-corrected chi connectivity index (χ1v) is 11.9. The largest absolute Gasteiger partial charge is 0.351 e. The van der Waals surface area contributed by atoms with E-state index >= 15 is 0 Å². The minimum Gasteiger partial charge on any atom is -0.351 e. The van der Waals surface area contributed by atoms with Gasteiger partial charge < -0.3 is 4.98 Å². The molecule has 2 aromatic heterocycles. The number of nitrogens with zero attached hydrogens (tertiary/aromatic N) is 2. The highest BCUT2D eigenvalue weighted by Crippen LogP contribution is 2.37. The summed E-state index contributed by atoms with van der Waals surface area (Å²) < 4.78 is 27.3. The first-order chi connectivity index (χ1) is 13.8. The maximum absolute atomic E-state index is 13.1. The van der Waals surface area contributed by atoms with Crippen LogP contribution in [0.1, 0.15) is 16.0 Å². The number of aromatic nitrogens is 2. The highest BCUT2D eigenvalue weighted by atomic mass is 35.5. The van der Waals surface area contributed by atoms with E-state index in [9.17, 15) is 8.42 Å². The number of halogens is 1. The molecule has 0 saturated carbocycles. The summed E-state index contributed by atoms with van der Waals surface area (Å²) in [5, 5.41) is 1.72. The molecule has 0 aliphatic rings. The number of benzene rings is 2. The van der Waals surface area contributed by atoms with Crippen LogP contribution in [0.25, 0.3) is 21.6 Å². The molecule has 0 unspecified atom stereocenters. The van der Waals surface area contributed by atoms with E-state index in [1.807, 2.05) is 32.0 Å². The molecule has 5 nitrogen and oxygen atoms in total. The van der Waals surface area contributed by atoms with Crippen molar-refractivity contribution in [2.75, 3.05) is 3.71 Å². The Morgan fingerprint density at radius 2 is 2.00 bits per heavy atom. The van der Waals surface area contributed by atoms with Gasteiger partial charge >= 0.3 is 0 Å². The second-order valence-electron chi connectivity index (χ2n) is 6.70. The minimum atomic E-state index is -3.83. The van der Waals surface area contributed by atoms with Gasteiger partial charge in [0.2, 0.25) is 0 Å². The van der Waals surface area contributed by atoms with Crippen LogP contribution in [-0.2, 0) is 15.9 Å². The molecule has 0 aliphatic carbocycles. The Morgan fingerprint density at radius 1 is 1.21 bits per heavy atom. The molecule has 0 saturated heterocycles. The molecule has 9 heteroatoms. The molecule has 0 fully saturated rings. The van der Waals surface area contributed by atoms with Gasteiger partial charge in [0.15, 0.2) is 0 Å². The SMILES string of the molecule is Cc1cccc(S(=O)(=O)N(S)c2ccc(C)c3cc(-c4ncc(CCl)s4)[nH]c23)c1. The van der Waals surface area contributed by atoms with Crippen molar-refractivity contribution in [3.63, 3.8) is 0 Å². The lowest BCUT2D eigenvalue weighted by molar-refractivity contribution is 0.598. The Bertz CT molecular complexity index is 1310. The quantitative estimate of drug-likeness (QED) is 0.295. The predicted octanol–water partition coefficient (Wildman–Crippen LogP) is 5.69. The third kappa shape index (κ3) is 3.66. The van der Waals surface area contributed by atoms with E-state index in [0.717, 1.165) is 35.8 Å². The van der Waals surface area contributed by atoms with Gasteiger partial charge in [0.1, 0.15) is 5.01 Å². The lowest BCUT2D eigenvalue weighted by Gasteiger charge is -2.19. The summed E-state index contributed by atoms with van der Waals surface area (Å²) in [5.41, 5.74) is 3.84. The fourth-order valence-corrected chi connectivity index (χ4v) is 5.73. The Balaban J connectivity index is 1.84. The molecule has 0 spiro atoms. The van der Waals surface area contributed by atoms with Crippen molar-refractivity contribution in [2.45, 2.75) is 24.6 Å². The number of nitrogens with one attached hydrogen (secondary N) is 1. The number of rotatable bonds is 5. The monoisotopic (exact) mass is 463 g/mol. The first-order valence-electron chi connectivity index (χ1n) is 8.75. The summed E-state index contributed by atoms with van der Waals surface area (Å²) in [6.07, 6.45) is 1.75. The first kappa shape index (κ1) is 20.3. The molecule has 0 radical (unpaired) electrons. The zero-order valence-corrected chi connectivity index (χ0v) is 19.0. The van der Waals surface area contributed by atoms with Crippen LogP contribution in [-0.4, -0.2) is 18.4 Å². The summed E-state index contributed by atoms with van der Waals surface area (Å²) in [4.78, 5) is 8.90. The van der Waals surface area contributed by atoms with Gasteiger partial charge in [-0.25, -0.2) is 17.1 Å². The number of aromatic amines is 1. The number of H-pyrrole nitrogens is 1. The molecule has 4 aromatic rings. The molecule has 0 amide bonds. The van der Waals surface area contributed by atoms with Gasteiger partial charge in [-0.15, -0.1) is 22.9 Å². The molecular weight excluding hydrogens is 446 g/mol. The number of thiol groups is 1. The third-order valence-corrected chi connectivity index (χ3v) is 8.47.